The van der Waals surface area contributed by atoms with E-state index >= 15 is 0 Å². The highest BCUT2D eigenvalue weighted by Gasteiger charge is 2.24. The minimum absolute atomic E-state index is 0.195. The van der Waals surface area contributed by atoms with Crippen molar-refractivity contribution in [2.24, 2.45) is 0 Å². The molecule has 2 aliphatic rings. The quantitative estimate of drug-likeness (QED) is 0.0310. The van der Waals surface area contributed by atoms with Crippen LogP contribution in [0.25, 0.3) is 43.8 Å². The van der Waals surface area contributed by atoms with E-state index < -0.39 is 23.9 Å². The molecular formula is C59H48O12. The summed E-state index contributed by atoms with van der Waals surface area (Å²) in [5, 5.41) is 3.19. The van der Waals surface area contributed by atoms with Gasteiger partial charge in [0.1, 0.15) is 48.4 Å². The number of esters is 4. The van der Waals surface area contributed by atoms with Gasteiger partial charge in [-0.1, -0.05) is 72.8 Å². The molecule has 71 heavy (non-hydrogen) atoms. The Balaban J connectivity index is 0.622. The fraction of sp³-hybridized carbons (Fsp3) is 0.186. The summed E-state index contributed by atoms with van der Waals surface area (Å²) in [6.45, 7) is 3.03. The van der Waals surface area contributed by atoms with Gasteiger partial charge in [0.05, 0.1) is 48.7 Å². The fourth-order valence-electron chi connectivity index (χ4n) is 7.83. The highest BCUT2D eigenvalue weighted by Crippen LogP contribution is 2.29. The van der Waals surface area contributed by atoms with Gasteiger partial charge in [0.15, 0.2) is 0 Å². The fourth-order valence-corrected chi connectivity index (χ4v) is 7.83. The van der Waals surface area contributed by atoms with Crippen LogP contribution in [0, 0.1) is 0 Å². The third kappa shape index (κ3) is 12.3. The molecule has 0 spiro atoms. The Labute approximate surface area is 409 Å². The van der Waals surface area contributed by atoms with Gasteiger partial charge in [-0.15, -0.1) is 0 Å². The molecule has 12 heteroatoms. The summed E-state index contributed by atoms with van der Waals surface area (Å²) in [7, 11) is 0. The van der Waals surface area contributed by atoms with E-state index in [-0.39, 0.29) is 25.4 Å². The zero-order valence-electron chi connectivity index (χ0n) is 38.6. The molecule has 8 aromatic rings. The Bertz CT molecular complexity index is 2980. The maximum atomic E-state index is 13.0. The SMILES string of the molecule is O=C(OCCCCCOC(=O)c1ccc2cc(OC(=O)c3ccc(-c4ccc(OCC5CO5)cc4)cc3)ccc2c1)c1ccc2cc(OC(=O)c3ccc(-c4ccc(OCC5CO5)cc4)cc3)ccc2c1. The van der Waals surface area contributed by atoms with Crippen LogP contribution in [0.3, 0.4) is 0 Å². The largest absolute Gasteiger partial charge is 0.491 e. The predicted molar refractivity (Wildman–Crippen MR) is 266 cm³/mol. The molecule has 0 aliphatic carbocycles. The molecular weight excluding hydrogens is 901 g/mol. The van der Waals surface area contributed by atoms with Crippen LogP contribution in [0.5, 0.6) is 23.0 Å². The highest BCUT2D eigenvalue weighted by atomic mass is 16.6. The van der Waals surface area contributed by atoms with E-state index in [0.717, 1.165) is 68.5 Å². The van der Waals surface area contributed by atoms with Crippen molar-refractivity contribution in [3.05, 3.63) is 192 Å². The van der Waals surface area contributed by atoms with Crippen LogP contribution in [0.1, 0.15) is 60.7 Å². The number of hydrogen-bond donors (Lipinski definition) is 0. The van der Waals surface area contributed by atoms with E-state index in [9.17, 15) is 19.2 Å². The Hall–Kier alpha value is -8.32. The summed E-state index contributed by atoms with van der Waals surface area (Å²) in [6.07, 6.45) is 2.28. The topological polar surface area (TPSA) is 149 Å². The lowest BCUT2D eigenvalue weighted by molar-refractivity contribution is 0.0477. The lowest BCUT2D eigenvalue weighted by Gasteiger charge is -2.09. The van der Waals surface area contributed by atoms with Crippen molar-refractivity contribution in [2.45, 2.75) is 31.5 Å². The normalized spacial score (nSPS) is 14.6. The molecule has 12 nitrogen and oxygen atoms in total. The zero-order valence-corrected chi connectivity index (χ0v) is 38.6. The van der Waals surface area contributed by atoms with E-state index in [1.807, 2.05) is 72.8 Å². The smallest absolute Gasteiger partial charge is 0.343 e. The van der Waals surface area contributed by atoms with Crippen LogP contribution >= 0.6 is 0 Å². The van der Waals surface area contributed by atoms with Gasteiger partial charge < -0.3 is 37.9 Å². The highest BCUT2D eigenvalue weighted by molar-refractivity contribution is 5.98. The molecule has 2 unspecified atom stereocenters. The summed E-state index contributed by atoms with van der Waals surface area (Å²) in [5.41, 5.74) is 5.57. The first-order valence-electron chi connectivity index (χ1n) is 23.5. The van der Waals surface area contributed by atoms with Crippen LogP contribution < -0.4 is 18.9 Å². The number of epoxide rings is 2. The zero-order chi connectivity index (χ0) is 48.5. The molecule has 10 rings (SSSR count). The van der Waals surface area contributed by atoms with Crippen molar-refractivity contribution < 1.29 is 57.1 Å². The number of carbonyl (C=O) groups is 4. The van der Waals surface area contributed by atoms with Crippen LogP contribution in [-0.4, -0.2) is 75.7 Å². The number of hydrogen-bond acceptors (Lipinski definition) is 12. The van der Waals surface area contributed by atoms with Gasteiger partial charge in [-0.3, -0.25) is 0 Å². The first-order chi connectivity index (χ1) is 34.8. The summed E-state index contributed by atoms with van der Waals surface area (Å²) in [6, 6.07) is 51.0. The molecule has 0 bridgehead atoms. The van der Waals surface area contributed by atoms with Crippen LogP contribution in [0.4, 0.5) is 0 Å². The van der Waals surface area contributed by atoms with Gasteiger partial charge in [0.25, 0.3) is 0 Å². The molecule has 356 valence electrons. The average molecular weight is 949 g/mol. The van der Waals surface area contributed by atoms with Gasteiger partial charge >= 0.3 is 23.9 Å². The molecule has 8 aromatic carbocycles. The van der Waals surface area contributed by atoms with Crippen molar-refractivity contribution in [3.8, 4) is 45.3 Å². The Morgan fingerprint density at radius 3 is 1.07 bits per heavy atom. The Kier molecular flexibility index (Phi) is 14.1. The minimum atomic E-state index is -0.479. The first-order valence-corrected chi connectivity index (χ1v) is 23.5. The van der Waals surface area contributed by atoms with Crippen molar-refractivity contribution in [2.75, 3.05) is 39.6 Å². The van der Waals surface area contributed by atoms with E-state index in [0.29, 0.717) is 66.2 Å². The number of ether oxygens (including phenoxy) is 8. The molecule has 2 atom stereocenters. The van der Waals surface area contributed by atoms with Crippen LogP contribution in [0.15, 0.2) is 170 Å². The Morgan fingerprint density at radius 1 is 0.366 bits per heavy atom. The van der Waals surface area contributed by atoms with Gasteiger partial charge in [0, 0.05) is 0 Å². The van der Waals surface area contributed by atoms with Gasteiger partial charge in [-0.2, -0.15) is 0 Å². The van der Waals surface area contributed by atoms with Crippen molar-refractivity contribution in [3.63, 3.8) is 0 Å². The predicted octanol–water partition coefficient (Wildman–Crippen LogP) is 11.5. The van der Waals surface area contributed by atoms with Gasteiger partial charge in [-0.05, 0) is 160 Å². The van der Waals surface area contributed by atoms with Crippen LogP contribution in [-0.2, 0) is 18.9 Å². The van der Waals surface area contributed by atoms with Crippen molar-refractivity contribution >= 4 is 45.4 Å². The third-order valence-electron chi connectivity index (χ3n) is 12.1. The summed E-state index contributed by atoms with van der Waals surface area (Å²) < 4.78 is 44.2. The second-order valence-electron chi connectivity index (χ2n) is 17.3. The summed E-state index contributed by atoms with van der Waals surface area (Å²) in [5.74, 6) is 0.492. The molecule has 2 saturated heterocycles. The Morgan fingerprint density at radius 2 is 0.690 bits per heavy atom. The summed E-state index contributed by atoms with van der Waals surface area (Å²) in [4.78, 5) is 51.7. The first kappa shape index (κ1) is 46.4. The summed E-state index contributed by atoms with van der Waals surface area (Å²) >= 11 is 0. The number of unbranched alkanes of at least 4 members (excludes halogenated alkanes) is 2. The third-order valence-corrected chi connectivity index (χ3v) is 12.1. The molecule has 0 N–H and O–H groups in total. The van der Waals surface area contributed by atoms with E-state index in [4.69, 9.17) is 37.9 Å². The molecule has 0 amide bonds. The second-order valence-corrected chi connectivity index (χ2v) is 17.3. The molecule has 2 aliphatic heterocycles. The number of carbonyl (C=O) groups excluding carboxylic acids is 4. The maximum absolute atomic E-state index is 13.0. The monoisotopic (exact) mass is 948 g/mol. The van der Waals surface area contributed by atoms with Gasteiger partial charge in [-0.25, -0.2) is 19.2 Å². The van der Waals surface area contributed by atoms with Gasteiger partial charge in [0.2, 0.25) is 0 Å². The number of fused-ring (bicyclic) bond motifs is 2. The molecule has 0 radical (unpaired) electrons. The van der Waals surface area contributed by atoms with E-state index in [1.54, 1.807) is 97.1 Å². The minimum Gasteiger partial charge on any atom is -0.491 e. The lowest BCUT2D eigenvalue weighted by Crippen LogP contribution is -2.09. The number of benzene rings is 8. The second kappa shape index (κ2) is 21.5. The lowest BCUT2D eigenvalue weighted by atomic mass is 10.0. The van der Waals surface area contributed by atoms with E-state index in [2.05, 4.69) is 0 Å². The van der Waals surface area contributed by atoms with Crippen molar-refractivity contribution in [1.29, 1.82) is 0 Å². The standard InChI is InChI=1S/C59H48O12/c60-56(48-14-12-46-32-52(26-20-44(46)30-48)70-58(62)42-8-4-38(5-9-42)40-16-22-50(23-17-40)66-34-54-36-68-54)64-28-2-1-3-29-65-57(61)49-15-13-47-33-53(27-21-45(47)31-49)71-59(63)43-10-6-39(7-11-43)41-18-24-51(25-19-41)67-35-55-37-69-55/h4-27,30-33,54-55H,1-3,28-29,34-37H2. The average Bonchev–Trinajstić information content (AvgIpc) is 4.37. The molecule has 0 saturated carbocycles. The van der Waals surface area contributed by atoms with E-state index in [1.165, 1.54) is 0 Å². The number of rotatable bonds is 20. The molecule has 2 heterocycles. The van der Waals surface area contributed by atoms with Crippen molar-refractivity contribution in [1.82, 2.24) is 0 Å². The molecule has 0 aromatic heterocycles. The maximum Gasteiger partial charge on any atom is 0.343 e. The molecule has 2 fully saturated rings. The van der Waals surface area contributed by atoms with Crippen LogP contribution in [0.2, 0.25) is 0 Å².